The van der Waals surface area contributed by atoms with Crippen LogP contribution in [0.2, 0.25) is 0 Å². The monoisotopic (exact) mass is 259 g/mol. The van der Waals surface area contributed by atoms with Crippen LogP contribution in [-0.2, 0) is 11.2 Å². The molecule has 1 aliphatic rings. The summed E-state index contributed by atoms with van der Waals surface area (Å²) in [5.74, 6) is -0.196. The van der Waals surface area contributed by atoms with Crippen molar-refractivity contribution in [2.45, 2.75) is 19.4 Å². The number of imide groups is 1. The van der Waals surface area contributed by atoms with Crippen molar-refractivity contribution in [3.63, 3.8) is 0 Å². The predicted octanol–water partition coefficient (Wildman–Crippen LogP) is -0.126. The molecular formula is C14H17N3O2. The van der Waals surface area contributed by atoms with Gasteiger partial charge in [-0.1, -0.05) is 24.8 Å². The first-order valence-electron chi connectivity index (χ1n) is 6.12. The number of aromatic amines is 1. The summed E-state index contributed by atoms with van der Waals surface area (Å²) in [5, 5.41) is 4.67. The lowest BCUT2D eigenvalue weighted by molar-refractivity contribution is -0.126. The summed E-state index contributed by atoms with van der Waals surface area (Å²) in [4.78, 5) is 27.5. The predicted molar refractivity (Wildman–Crippen MR) is 73.6 cm³/mol. The summed E-state index contributed by atoms with van der Waals surface area (Å²) < 4.78 is 0. The Kier molecular flexibility index (Phi) is 3.55. The maximum Gasteiger partial charge on any atom is 0.324 e. The molecule has 0 saturated carbocycles. The number of nitrogens with one attached hydrogen (secondary N) is 2. The lowest BCUT2D eigenvalue weighted by atomic mass is 10.1. The van der Waals surface area contributed by atoms with Crippen LogP contribution in [0.5, 0.6) is 0 Å². The first kappa shape index (κ1) is 13.1. The van der Waals surface area contributed by atoms with E-state index in [1.807, 2.05) is 25.3 Å². The van der Waals surface area contributed by atoms with Crippen LogP contribution in [0.25, 0.3) is 12.2 Å². The Labute approximate surface area is 111 Å². The molecule has 1 saturated heterocycles. The Morgan fingerprint density at radius 2 is 2.21 bits per heavy atom. The largest absolute Gasteiger partial charge is 0.361 e. The van der Waals surface area contributed by atoms with Gasteiger partial charge in [0.15, 0.2) is 0 Å². The van der Waals surface area contributed by atoms with Crippen molar-refractivity contribution in [2.24, 2.45) is 0 Å². The molecule has 1 aliphatic heterocycles. The van der Waals surface area contributed by atoms with Crippen molar-refractivity contribution in [2.75, 3.05) is 7.05 Å². The number of H-pyrrole nitrogens is 1. The first-order chi connectivity index (χ1) is 9.08. The van der Waals surface area contributed by atoms with Gasteiger partial charge < -0.3 is 10.3 Å². The van der Waals surface area contributed by atoms with E-state index in [-0.39, 0.29) is 11.9 Å². The number of rotatable bonds is 3. The Bertz CT molecular complexity index is 642. The van der Waals surface area contributed by atoms with Gasteiger partial charge in [0.2, 0.25) is 0 Å². The van der Waals surface area contributed by atoms with E-state index >= 15 is 0 Å². The number of carbonyl (C=O) groups excluding carboxylic acids is 2. The van der Waals surface area contributed by atoms with Gasteiger partial charge in [0.05, 0.1) is 0 Å². The Hall–Kier alpha value is -2.30. The van der Waals surface area contributed by atoms with Crippen molar-refractivity contribution in [3.8, 4) is 0 Å². The second-order valence-corrected chi connectivity index (χ2v) is 4.44. The third-order valence-electron chi connectivity index (χ3n) is 3.27. The van der Waals surface area contributed by atoms with Gasteiger partial charge in [-0.05, 0) is 12.5 Å². The maximum absolute atomic E-state index is 11.9. The van der Waals surface area contributed by atoms with Crippen LogP contribution < -0.4 is 15.9 Å². The number of hydrogen-bond acceptors (Lipinski definition) is 2. The zero-order chi connectivity index (χ0) is 14.0. The van der Waals surface area contributed by atoms with E-state index in [0.29, 0.717) is 6.42 Å². The fraction of sp³-hybridized carbons (Fsp3) is 0.286. The van der Waals surface area contributed by atoms with Crippen LogP contribution in [0.1, 0.15) is 12.5 Å². The number of likely N-dealkylation sites (N-methyl/N-ethyl adjacent to an activating group) is 1. The van der Waals surface area contributed by atoms with Crippen molar-refractivity contribution < 1.29 is 9.59 Å². The minimum atomic E-state index is -0.491. The molecule has 0 spiro atoms. The molecule has 1 aromatic rings. The standard InChI is InChI=1S/C14H17N3O2/c1-4-6-10-9(8-15-11(10)5-2)7-12-13(18)17(3)14(19)16-12/h4-6,8,12,15H,1,7H2,2-3H3,(H,16,19)/b10-6-,11-5+. The number of aromatic nitrogens is 1. The summed E-state index contributed by atoms with van der Waals surface area (Å²) >= 11 is 0. The van der Waals surface area contributed by atoms with E-state index in [1.54, 1.807) is 6.08 Å². The third kappa shape index (κ3) is 2.31. The summed E-state index contributed by atoms with van der Waals surface area (Å²) in [7, 11) is 1.48. The molecule has 0 bridgehead atoms. The van der Waals surface area contributed by atoms with Crippen LogP contribution >= 0.6 is 0 Å². The zero-order valence-corrected chi connectivity index (χ0v) is 11.1. The Morgan fingerprint density at radius 3 is 2.74 bits per heavy atom. The quantitative estimate of drug-likeness (QED) is 0.743. The fourth-order valence-electron chi connectivity index (χ4n) is 2.22. The summed E-state index contributed by atoms with van der Waals surface area (Å²) in [6, 6.07) is -0.836. The van der Waals surface area contributed by atoms with Crippen LogP contribution in [0.4, 0.5) is 4.79 Å². The molecular weight excluding hydrogens is 242 g/mol. The normalized spacial score (nSPS) is 21.2. The van der Waals surface area contributed by atoms with Gasteiger partial charge >= 0.3 is 6.03 Å². The highest BCUT2D eigenvalue weighted by atomic mass is 16.2. The number of hydrogen-bond donors (Lipinski definition) is 2. The van der Waals surface area contributed by atoms with Crippen molar-refractivity contribution in [1.82, 2.24) is 15.2 Å². The molecule has 0 aromatic carbocycles. The van der Waals surface area contributed by atoms with Gasteiger partial charge in [-0.25, -0.2) is 4.79 Å². The Morgan fingerprint density at radius 1 is 1.47 bits per heavy atom. The average molecular weight is 259 g/mol. The van der Waals surface area contributed by atoms with Crippen LogP contribution in [0, 0.1) is 0 Å². The van der Waals surface area contributed by atoms with E-state index < -0.39 is 6.04 Å². The molecule has 1 fully saturated rings. The Balaban J connectivity index is 2.33. The number of carbonyl (C=O) groups is 2. The molecule has 3 amide bonds. The zero-order valence-electron chi connectivity index (χ0n) is 11.1. The molecule has 0 radical (unpaired) electrons. The number of allylic oxidation sites excluding steroid dienone is 1. The summed E-state index contributed by atoms with van der Waals surface area (Å²) in [6.45, 7) is 5.63. The van der Waals surface area contributed by atoms with Gasteiger partial charge in [0.25, 0.3) is 5.91 Å². The van der Waals surface area contributed by atoms with E-state index in [4.69, 9.17) is 0 Å². The van der Waals surface area contributed by atoms with E-state index in [1.165, 1.54) is 7.05 Å². The van der Waals surface area contributed by atoms with Crippen molar-refractivity contribution >= 4 is 24.1 Å². The second kappa shape index (κ2) is 5.14. The molecule has 5 heteroatoms. The van der Waals surface area contributed by atoms with Gasteiger partial charge in [-0.3, -0.25) is 9.69 Å². The van der Waals surface area contributed by atoms with Gasteiger partial charge in [-0.15, -0.1) is 0 Å². The molecule has 1 unspecified atom stereocenters. The van der Waals surface area contributed by atoms with Gasteiger partial charge in [-0.2, -0.15) is 0 Å². The van der Waals surface area contributed by atoms with Crippen molar-refractivity contribution in [3.05, 3.63) is 35.0 Å². The number of amides is 3. The molecule has 2 rings (SSSR count). The van der Waals surface area contributed by atoms with E-state index in [9.17, 15) is 9.59 Å². The minimum Gasteiger partial charge on any atom is -0.361 e. The molecule has 1 aromatic heterocycles. The van der Waals surface area contributed by atoms with Crippen molar-refractivity contribution in [1.29, 1.82) is 0 Å². The lowest BCUT2D eigenvalue weighted by Crippen LogP contribution is -2.34. The van der Waals surface area contributed by atoms with E-state index in [2.05, 4.69) is 16.9 Å². The van der Waals surface area contributed by atoms with Crippen LogP contribution in [0.3, 0.4) is 0 Å². The molecule has 0 aliphatic carbocycles. The second-order valence-electron chi connectivity index (χ2n) is 4.44. The molecule has 2 heterocycles. The number of nitrogens with zero attached hydrogens (tertiary/aromatic N) is 1. The minimum absolute atomic E-state index is 0.196. The maximum atomic E-state index is 11.9. The molecule has 5 nitrogen and oxygen atoms in total. The molecule has 2 N–H and O–H groups in total. The topological polar surface area (TPSA) is 65.2 Å². The van der Waals surface area contributed by atoms with Gasteiger partial charge in [0.1, 0.15) is 6.04 Å². The summed E-state index contributed by atoms with van der Waals surface area (Å²) in [6.07, 6.45) is 7.90. The smallest absolute Gasteiger partial charge is 0.324 e. The van der Waals surface area contributed by atoms with Crippen LogP contribution in [-0.4, -0.2) is 34.9 Å². The fourth-order valence-corrected chi connectivity index (χ4v) is 2.22. The van der Waals surface area contributed by atoms with Crippen LogP contribution in [0.15, 0.2) is 18.9 Å². The average Bonchev–Trinajstić information content (AvgIpc) is 2.88. The first-order valence-corrected chi connectivity index (χ1v) is 6.12. The molecule has 100 valence electrons. The number of urea groups is 1. The highest BCUT2D eigenvalue weighted by Gasteiger charge is 2.35. The summed E-state index contributed by atoms with van der Waals surface area (Å²) in [5.41, 5.74) is 0.988. The van der Waals surface area contributed by atoms with E-state index in [0.717, 1.165) is 21.0 Å². The highest BCUT2D eigenvalue weighted by molar-refractivity contribution is 6.03. The highest BCUT2D eigenvalue weighted by Crippen LogP contribution is 2.07. The van der Waals surface area contributed by atoms with Gasteiger partial charge in [0, 0.05) is 30.2 Å². The molecule has 19 heavy (non-hydrogen) atoms. The molecule has 1 atom stereocenters. The SMILES string of the molecule is C=C/C=c1/c(CC2NC(=O)N(C)C2=O)c[nH]/c1=C/C. The third-order valence-corrected chi connectivity index (χ3v) is 3.27. The lowest BCUT2D eigenvalue weighted by Gasteiger charge is -2.06.